The molecule has 0 heterocycles. The maximum Gasteiger partial charge on any atom is 0.244 e. The zero-order valence-corrected chi connectivity index (χ0v) is 12.6. The second-order valence-corrected chi connectivity index (χ2v) is 6.85. The Labute approximate surface area is 126 Å². The van der Waals surface area contributed by atoms with E-state index in [1.807, 2.05) is 0 Å². The summed E-state index contributed by atoms with van der Waals surface area (Å²) in [6, 6.07) is 8.99. The van der Waals surface area contributed by atoms with Crippen LogP contribution in [0.5, 0.6) is 0 Å². The van der Waals surface area contributed by atoms with E-state index in [-0.39, 0.29) is 22.0 Å². The van der Waals surface area contributed by atoms with Crippen LogP contribution in [0.15, 0.2) is 47.4 Å². The Morgan fingerprint density at radius 1 is 1.14 bits per heavy atom. The second-order valence-electron chi connectivity index (χ2n) is 4.43. The molecule has 2 aromatic rings. The number of halogens is 3. The van der Waals surface area contributed by atoms with E-state index < -0.39 is 21.7 Å². The first kappa shape index (κ1) is 15.9. The highest BCUT2D eigenvalue weighted by atomic mass is 35.5. The molecule has 0 spiro atoms. The molecule has 0 aliphatic heterocycles. The van der Waals surface area contributed by atoms with Crippen molar-refractivity contribution < 1.29 is 17.2 Å². The van der Waals surface area contributed by atoms with Crippen LogP contribution in [0.1, 0.15) is 5.56 Å². The maximum atomic E-state index is 13.6. The van der Waals surface area contributed by atoms with Crippen molar-refractivity contribution in [1.82, 2.24) is 4.31 Å². The molecule has 21 heavy (non-hydrogen) atoms. The van der Waals surface area contributed by atoms with Gasteiger partial charge in [0.25, 0.3) is 0 Å². The van der Waals surface area contributed by atoms with Crippen LogP contribution in [-0.4, -0.2) is 19.8 Å². The van der Waals surface area contributed by atoms with Crippen molar-refractivity contribution in [3.8, 4) is 0 Å². The monoisotopic (exact) mass is 331 g/mol. The summed E-state index contributed by atoms with van der Waals surface area (Å²) in [5.74, 6) is -1.51. The van der Waals surface area contributed by atoms with Crippen molar-refractivity contribution in [2.24, 2.45) is 0 Å². The van der Waals surface area contributed by atoms with Crippen molar-refractivity contribution in [3.63, 3.8) is 0 Å². The summed E-state index contributed by atoms with van der Waals surface area (Å²) in [5, 5.41) is 0.0870. The Bertz CT molecular complexity index is 765. The molecule has 0 unspecified atom stereocenters. The van der Waals surface area contributed by atoms with E-state index in [1.54, 1.807) is 12.1 Å². The van der Waals surface area contributed by atoms with Gasteiger partial charge in [-0.2, -0.15) is 4.31 Å². The fourth-order valence-corrected chi connectivity index (χ4v) is 3.43. The summed E-state index contributed by atoms with van der Waals surface area (Å²) in [5.41, 5.74) is 0.0783. The van der Waals surface area contributed by atoms with Crippen LogP contribution < -0.4 is 0 Å². The lowest BCUT2D eigenvalue weighted by molar-refractivity contribution is 0.455. The Morgan fingerprint density at radius 2 is 1.81 bits per heavy atom. The average molecular weight is 332 g/mol. The first-order valence-corrected chi connectivity index (χ1v) is 7.79. The Morgan fingerprint density at radius 3 is 2.43 bits per heavy atom. The van der Waals surface area contributed by atoms with E-state index in [0.29, 0.717) is 6.07 Å². The maximum absolute atomic E-state index is 13.6. The zero-order chi connectivity index (χ0) is 15.6. The number of hydrogen-bond donors (Lipinski definition) is 0. The molecule has 0 saturated carbocycles. The molecule has 0 N–H and O–H groups in total. The summed E-state index contributed by atoms with van der Waals surface area (Å²) in [4.78, 5) is -0.0586. The van der Waals surface area contributed by atoms with Gasteiger partial charge in [-0.25, -0.2) is 17.2 Å². The molecule has 0 atom stereocenters. The molecule has 0 amide bonds. The minimum atomic E-state index is -3.85. The number of nitrogens with zero attached hydrogens (tertiary/aromatic N) is 1. The van der Waals surface area contributed by atoms with Crippen molar-refractivity contribution in [3.05, 3.63) is 64.7 Å². The van der Waals surface area contributed by atoms with E-state index in [0.717, 1.165) is 10.4 Å². The van der Waals surface area contributed by atoms with Gasteiger partial charge < -0.3 is 0 Å². The van der Waals surface area contributed by atoms with Crippen LogP contribution in [0.2, 0.25) is 5.02 Å². The lowest BCUT2D eigenvalue weighted by atomic mass is 10.2. The van der Waals surface area contributed by atoms with Gasteiger partial charge in [0.15, 0.2) is 0 Å². The van der Waals surface area contributed by atoms with Gasteiger partial charge in [0.1, 0.15) is 16.5 Å². The number of rotatable bonds is 4. The molecule has 112 valence electrons. The molecule has 0 fully saturated rings. The zero-order valence-electron chi connectivity index (χ0n) is 11.1. The number of sulfonamides is 1. The van der Waals surface area contributed by atoms with Gasteiger partial charge in [0.05, 0.1) is 5.02 Å². The highest BCUT2D eigenvalue weighted by Gasteiger charge is 2.24. The van der Waals surface area contributed by atoms with Gasteiger partial charge in [0, 0.05) is 25.2 Å². The van der Waals surface area contributed by atoms with Crippen LogP contribution in [0, 0.1) is 11.6 Å². The van der Waals surface area contributed by atoms with Gasteiger partial charge in [-0.3, -0.25) is 0 Å². The number of hydrogen-bond acceptors (Lipinski definition) is 2. The average Bonchev–Trinajstić information content (AvgIpc) is 2.42. The SMILES string of the molecule is CN(Cc1ccc(F)cc1F)S(=O)(=O)c1ccccc1Cl. The Balaban J connectivity index is 2.31. The topological polar surface area (TPSA) is 37.4 Å². The minimum Gasteiger partial charge on any atom is -0.207 e. The lowest BCUT2D eigenvalue weighted by Crippen LogP contribution is -2.27. The van der Waals surface area contributed by atoms with Crippen LogP contribution in [-0.2, 0) is 16.6 Å². The highest BCUT2D eigenvalue weighted by molar-refractivity contribution is 7.89. The summed E-state index contributed by atoms with van der Waals surface area (Å²) < 4.78 is 52.2. The lowest BCUT2D eigenvalue weighted by Gasteiger charge is -2.18. The van der Waals surface area contributed by atoms with Crippen molar-refractivity contribution >= 4 is 21.6 Å². The van der Waals surface area contributed by atoms with E-state index in [9.17, 15) is 17.2 Å². The molecule has 0 aliphatic rings. The van der Waals surface area contributed by atoms with Crippen LogP contribution in [0.3, 0.4) is 0 Å². The molecule has 0 aliphatic carbocycles. The summed E-state index contributed by atoms with van der Waals surface area (Å²) >= 11 is 5.88. The molecule has 0 aromatic heterocycles. The Hall–Kier alpha value is -1.50. The van der Waals surface area contributed by atoms with Gasteiger partial charge in [-0.05, 0) is 18.2 Å². The van der Waals surface area contributed by atoms with Crippen LogP contribution in [0.25, 0.3) is 0 Å². The summed E-state index contributed by atoms with van der Waals surface area (Å²) in [6.45, 7) is -0.223. The van der Waals surface area contributed by atoms with Gasteiger partial charge >= 0.3 is 0 Å². The highest BCUT2D eigenvalue weighted by Crippen LogP contribution is 2.24. The summed E-state index contributed by atoms with van der Waals surface area (Å²) in [7, 11) is -2.55. The van der Waals surface area contributed by atoms with Gasteiger partial charge in [-0.1, -0.05) is 29.8 Å². The molecule has 0 radical (unpaired) electrons. The molecule has 3 nitrogen and oxygen atoms in total. The number of benzene rings is 2. The molecular weight excluding hydrogens is 320 g/mol. The minimum absolute atomic E-state index is 0.0586. The first-order valence-electron chi connectivity index (χ1n) is 5.97. The van der Waals surface area contributed by atoms with Crippen LogP contribution in [0.4, 0.5) is 8.78 Å². The summed E-state index contributed by atoms with van der Waals surface area (Å²) in [6.07, 6.45) is 0. The Kier molecular flexibility index (Phi) is 4.61. The van der Waals surface area contributed by atoms with Crippen molar-refractivity contribution in [2.75, 3.05) is 7.05 Å². The van der Waals surface area contributed by atoms with Crippen molar-refractivity contribution in [1.29, 1.82) is 0 Å². The predicted octanol–water partition coefficient (Wildman–Crippen LogP) is 3.44. The standard InChI is InChI=1S/C14H12ClF2NO2S/c1-18(9-10-6-7-11(16)8-13(10)17)21(19,20)14-5-3-2-4-12(14)15/h2-8H,9H2,1H3. The molecular formula is C14H12ClF2NO2S. The third kappa shape index (κ3) is 3.40. The molecule has 2 aromatic carbocycles. The smallest absolute Gasteiger partial charge is 0.207 e. The normalized spacial score (nSPS) is 11.9. The van der Waals surface area contributed by atoms with Crippen LogP contribution >= 0.6 is 11.6 Å². The quantitative estimate of drug-likeness (QED) is 0.860. The van der Waals surface area contributed by atoms with E-state index in [2.05, 4.69) is 0 Å². The predicted molar refractivity (Wildman–Crippen MR) is 76.5 cm³/mol. The third-order valence-electron chi connectivity index (χ3n) is 2.93. The first-order chi connectivity index (χ1) is 9.82. The molecule has 7 heteroatoms. The molecule has 0 bridgehead atoms. The molecule has 0 saturated heterocycles. The molecule has 2 rings (SSSR count). The largest absolute Gasteiger partial charge is 0.244 e. The van der Waals surface area contributed by atoms with Crippen molar-refractivity contribution in [2.45, 2.75) is 11.4 Å². The van der Waals surface area contributed by atoms with E-state index in [4.69, 9.17) is 11.6 Å². The van der Waals surface area contributed by atoms with Gasteiger partial charge in [-0.15, -0.1) is 0 Å². The fourth-order valence-electron chi connectivity index (χ4n) is 1.80. The third-order valence-corrected chi connectivity index (χ3v) is 5.24. The van der Waals surface area contributed by atoms with Gasteiger partial charge in [0.2, 0.25) is 10.0 Å². The van der Waals surface area contributed by atoms with E-state index >= 15 is 0 Å². The fraction of sp³-hybridized carbons (Fsp3) is 0.143. The van der Waals surface area contributed by atoms with E-state index in [1.165, 1.54) is 25.2 Å². The second kappa shape index (κ2) is 6.09.